The van der Waals surface area contributed by atoms with Crippen LogP contribution in [0.2, 0.25) is 0 Å². The molecule has 0 spiro atoms. The highest BCUT2D eigenvalue weighted by Gasteiger charge is 2.28. The Kier molecular flexibility index (Phi) is 7.49. The van der Waals surface area contributed by atoms with Crippen molar-refractivity contribution in [2.45, 2.75) is 26.2 Å². The molecular weight excluding hydrogens is 434 g/mol. The lowest BCUT2D eigenvalue weighted by atomic mass is 10.1. The lowest BCUT2D eigenvalue weighted by molar-refractivity contribution is -0.139. The van der Waals surface area contributed by atoms with Crippen molar-refractivity contribution in [1.29, 1.82) is 0 Å². The van der Waals surface area contributed by atoms with Crippen molar-refractivity contribution in [1.82, 2.24) is 20.0 Å². The van der Waals surface area contributed by atoms with E-state index >= 15 is 0 Å². The van der Waals surface area contributed by atoms with Crippen molar-refractivity contribution >= 4 is 17.6 Å². The Morgan fingerprint density at radius 3 is 2.50 bits per heavy atom. The van der Waals surface area contributed by atoms with Gasteiger partial charge in [-0.05, 0) is 49.4 Å². The van der Waals surface area contributed by atoms with E-state index in [2.05, 4.69) is 15.1 Å². The van der Waals surface area contributed by atoms with Crippen molar-refractivity contribution in [3.63, 3.8) is 0 Å². The first kappa shape index (κ1) is 23.8. The van der Waals surface area contributed by atoms with Gasteiger partial charge in [-0.2, -0.15) is 0 Å². The number of rotatable bonds is 8. The zero-order valence-electron chi connectivity index (χ0n) is 20.2. The zero-order valence-corrected chi connectivity index (χ0v) is 20.2. The summed E-state index contributed by atoms with van der Waals surface area (Å²) in [5.74, 6) is 2.73. The van der Waals surface area contributed by atoms with Crippen LogP contribution in [0, 0.1) is 5.92 Å². The summed E-state index contributed by atoms with van der Waals surface area (Å²) >= 11 is 0. The minimum absolute atomic E-state index is 0.0192. The van der Waals surface area contributed by atoms with Crippen LogP contribution in [-0.2, 0) is 9.59 Å². The first-order valence-corrected chi connectivity index (χ1v) is 11.8. The molecule has 0 bridgehead atoms. The van der Waals surface area contributed by atoms with Gasteiger partial charge in [0.05, 0.1) is 26.5 Å². The fraction of sp³-hybridized carbons (Fsp3) is 0.520. The van der Waals surface area contributed by atoms with Gasteiger partial charge in [0.2, 0.25) is 11.8 Å². The van der Waals surface area contributed by atoms with Crippen LogP contribution in [0.5, 0.6) is 11.5 Å². The van der Waals surface area contributed by atoms with Crippen LogP contribution in [0.25, 0.3) is 11.3 Å². The summed E-state index contributed by atoms with van der Waals surface area (Å²) in [4.78, 5) is 30.6. The molecule has 2 amide bonds. The van der Waals surface area contributed by atoms with Gasteiger partial charge in [0.15, 0.2) is 5.82 Å². The highest BCUT2D eigenvalue weighted by atomic mass is 16.5. The molecule has 4 rings (SSSR count). The Morgan fingerprint density at radius 1 is 1.03 bits per heavy atom. The van der Waals surface area contributed by atoms with E-state index in [-0.39, 0.29) is 18.4 Å². The molecule has 0 radical (unpaired) electrons. The molecule has 0 atom stereocenters. The van der Waals surface area contributed by atoms with Crippen LogP contribution < -0.4 is 14.4 Å². The molecule has 1 aliphatic carbocycles. The molecular formula is C25H33N5O4. The number of carbonyl (C=O) groups excluding carboxylic acids is 2. The third-order valence-corrected chi connectivity index (χ3v) is 6.45. The number of ether oxygens (including phenoxy) is 2. The van der Waals surface area contributed by atoms with Gasteiger partial charge in [0, 0.05) is 51.3 Å². The standard InChI is InChI=1S/C25H33N5O4/c1-18(31)30(16-19-5-6-19)17-25(32)29-12-4-11-28(13-14-29)24-10-9-22(26-27-24)21-8-7-20(33-2)15-23(21)34-3/h7-10,15,19H,4-6,11-14,16-17H2,1-3H3. The molecule has 9 nitrogen and oxygen atoms in total. The predicted octanol–water partition coefficient (Wildman–Crippen LogP) is 2.46. The van der Waals surface area contributed by atoms with Crippen molar-refractivity contribution < 1.29 is 19.1 Å². The number of amides is 2. The van der Waals surface area contributed by atoms with E-state index in [1.807, 2.05) is 35.2 Å². The second-order valence-corrected chi connectivity index (χ2v) is 8.91. The maximum absolute atomic E-state index is 12.9. The summed E-state index contributed by atoms with van der Waals surface area (Å²) in [5, 5.41) is 8.88. The van der Waals surface area contributed by atoms with Crippen LogP contribution in [-0.4, -0.2) is 85.3 Å². The summed E-state index contributed by atoms with van der Waals surface area (Å²) in [5.41, 5.74) is 1.56. The summed E-state index contributed by atoms with van der Waals surface area (Å²) in [7, 11) is 3.23. The number of carbonyl (C=O) groups is 2. The third kappa shape index (κ3) is 5.76. The van der Waals surface area contributed by atoms with Crippen molar-refractivity contribution in [2.24, 2.45) is 5.92 Å². The Morgan fingerprint density at radius 2 is 1.85 bits per heavy atom. The SMILES string of the molecule is COc1ccc(-c2ccc(N3CCCN(C(=O)CN(CC4CC4)C(C)=O)CC3)nn2)c(OC)c1. The Bertz CT molecular complexity index is 1010. The monoisotopic (exact) mass is 467 g/mol. The minimum atomic E-state index is -0.0273. The van der Waals surface area contributed by atoms with Crippen LogP contribution in [0.3, 0.4) is 0 Å². The third-order valence-electron chi connectivity index (χ3n) is 6.45. The summed E-state index contributed by atoms with van der Waals surface area (Å²) < 4.78 is 10.8. The summed E-state index contributed by atoms with van der Waals surface area (Å²) in [6, 6.07) is 9.49. The Balaban J connectivity index is 1.37. The average molecular weight is 468 g/mol. The van der Waals surface area contributed by atoms with Gasteiger partial charge in [-0.15, -0.1) is 10.2 Å². The predicted molar refractivity (Wildman–Crippen MR) is 129 cm³/mol. The lowest BCUT2D eigenvalue weighted by Gasteiger charge is -2.26. The second kappa shape index (κ2) is 10.7. The Labute approximate surface area is 200 Å². The van der Waals surface area contributed by atoms with Gasteiger partial charge in [0.25, 0.3) is 0 Å². The van der Waals surface area contributed by atoms with Crippen molar-refractivity contribution in [3.05, 3.63) is 30.3 Å². The van der Waals surface area contributed by atoms with Crippen LogP contribution in [0.1, 0.15) is 26.2 Å². The molecule has 1 aromatic heterocycles. The smallest absolute Gasteiger partial charge is 0.242 e. The van der Waals surface area contributed by atoms with Gasteiger partial charge < -0.3 is 24.2 Å². The Hall–Kier alpha value is -3.36. The van der Waals surface area contributed by atoms with Gasteiger partial charge in [0.1, 0.15) is 11.5 Å². The normalized spacial score (nSPS) is 16.1. The van der Waals surface area contributed by atoms with Crippen LogP contribution in [0.4, 0.5) is 5.82 Å². The molecule has 34 heavy (non-hydrogen) atoms. The molecule has 2 heterocycles. The van der Waals surface area contributed by atoms with E-state index in [9.17, 15) is 9.59 Å². The molecule has 1 aromatic carbocycles. The van der Waals surface area contributed by atoms with Crippen LogP contribution in [0.15, 0.2) is 30.3 Å². The number of aromatic nitrogens is 2. The maximum Gasteiger partial charge on any atom is 0.242 e. The molecule has 2 aliphatic rings. The fourth-order valence-corrected chi connectivity index (χ4v) is 4.22. The average Bonchev–Trinajstić information content (AvgIpc) is 3.70. The van der Waals surface area contributed by atoms with Gasteiger partial charge in [-0.25, -0.2) is 0 Å². The van der Waals surface area contributed by atoms with E-state index in [0.717, 1.165) is 42.9 Å². The van der Waals surface area contributed by atoms with E-state index in [4.69, 9.17) is 9.47 Å². The first-order valence-electron chi connectivity index (χ1n) is 11.8. The molecule has 2 fully saturated rings. The van der Waals surface area contributed by atoms with E-state index < -0.39 is 0 Å². The summed E-state index contributed by atoms with van der Waals surface area (Å²) in [6.07, 6.45) is 3.15. The molecule has 1 saturated carbocycles. The topological polar surface area (TPSA) is 88.1 Å². The molecule has 1 saturated heterocycles. The van der Waals surface area contributed by atoms with Gasteiger partial charge in [-0.1, -0.05) is 0 Å². The number of benzene rings is 1. The van der Waals surface area contributed by atoms with Crippen molar-refractivity contribution in [2.75, 3.05) is 58.4 Å². The molecule has 0 unspecified atom stereocenters. The van der Waals surface area contributed by atoms with Crippen LogP contribution >= 0.6 is 0 Å². The molecule has 0 N–H and O–H groups in total. The number of anilines is 1. The van der Waals surface area contributed by atoms with E-state index in [1.165, 1.54) is 0 Å². The fourth-order valence-electron chi connectivity index (χ4n) is 4.22. The molecule has 9 heteroatoms. The number of hydrogen-bond donors (Lipinski definition) is 0. The zero-order chi connectivity index (χ0) is 24.1. The first-order chi connectivity index (χ1) is 16.5. The number of nitrogens with zero attached hydrogens (tertiary/aromatic N) is 5. The second-order valence-electron chi connectivity index (χ2n) is 8.91. The highest BCUT2D eigenvalue weighted by molar-refractivity contribution is 5.84. The maximum atomic E-state index is 12.9. The molecule has 2 aromatic rings. The number of hydrogen-bond acceptors (Lipinski definition) is 7. The lowest BCUT2D eigenvalue weighted by Crippen LogP contribution is -2.44. The quantitative estimate of drug-likeness (QED) is 0.589. The van der Waals surface area contributed by atoms with Gasteiger partial charge in [-0.3, -0.25) is 9.59 Å². The molecule has 182 valence electrons. The number of methoxy groups -OCH3 is 2. The molecule has 1 aliphatic heterocycles. The van der Waals surface area contributed by atoms with E-state index in [0.29, 0.717) is 43.6 Å². The largest absolute Gasteiger partial charge is 0.497 e. The highest BCUT2D eigenvalue weighted by Crippen LogP contribution is 2.32. The van der Waals surface area contributed by atoms with E-state index in [1.54, 1.807) is 26.0 Å². The summed E-state index contributed by atoms with van der Waals surface area (Å²) in [6.45, 7) is 5.16. The van der Waals surface area contributed by atoms with Crippen molar-refractivity contribution in [3.8, 4) is 22.8 Å². The minimum Gasteiger partial charge on any atom is -0.497 e. The van der Waals surface area contributed by atoms with Gasteiger partial charge >= 0.3 is 0 Å².